The molecular weight excluding hydrogens is 476 g/mol. The second kappa shape index (κ2) is 10.6. The molecule has 2 aromatic carbocycles. The average molecular weight is 511 g/mol. The molecule has 0 saturated heterocycles. The number of carbonyl (C=O) groups excluding carboxylic acids is 2. The normalized spacial score (nSPS) is 14.9. The standard InChI is InChI=1S/C28H34N2O5S/c1-5-29-20(3)26(19(2)27(29)28(32)35-4)24(31)18-30(22-14-7-6-8-15-22)36(33,34)25-17-11-13-21-12-9-10-16-23(21)25/h9-13,16-17,22H,5-8,14-15,18H2,1-4H3. The first-order chi connectivity index (χ1) is 17.2. The minimum Gasteiger partial charge on any atom is -0.464 e. The second-order valence-electron chi connectivity index (χ2n) is 9.41. The van der Waals surface area contributed by atoms with Crippen LogP contribution in [0.2, 0.25) is 0 Å². The summed E-state index contributed by atoms with van der Waals surface area (Å²) >= 11 is 0. The zero-order valence-corrected chi connectivity index (χ0v) is 22.2. The average Bonchev–Trinajstić information content (AvgIpc) is 3.15. The lowest BCUT2D eigenvalue weighted by Crippen LogP contribution is -2.44. The van der Waals surface area contributed by atoms with Crippen molar-refractivity contribution in [1.82, 2.24) is 8.87 Å². The number of sulfonamides is 1. The lowest BCUT2D eigenvalue weighted by molar-refractivity contribution is 0.0587. The van der Waals surface area contributed by atoms with Gasteiger partial charge in [-0.05, 0) is 50.6 Å². The van der Waals surface area contributed by atoms with Gasteiger partial charge < -0.3 is 9.30 Å². The van der Waals surface area contributed by atoms with E-state index >= 15 is 0 Å². The Morgan fingerprint density at radius 1 is 1.03 bits per heavy atom. The van der Waals surface area contributed by atoms with Gasteiger partial charge in [-0.25, -0.2) is 13.2 Å². The van der Waals surface area contributed by atoms with Crippen molar-refractivity contribution in [3.05, 3.63) is 65.0 Å². The minimum absolute atomic E-state index is 0.216. The van der Waals surface area contributed by atoms with E-state index in [1.807, 2.05) is 31.2 Å². The maximum Gasteiger partial charge on any atom is 0.354 e. The van der Waals surface area contributed by atoms with E-state index in [9.17, 15) is 18.0 Å². The van der Waals surface area contributed by atoms with E-state index in [4.69, 9.17) is 4.74 Å². The number of hydrogen-bond donors (Lipinski definition) is 0. The topological polar surface area (TPSA) is 85.7 Å². The minimum atomic E-state index is -3.97. The summed E-state index contributed by atoms with van der Waals surface area (Å²) in [6.07, 6.45) is 4.36. The van der Waals surface area contributed by atoms with Crippen LogP contribution in [-0.4, -0.2) is 48.7 Å². The first-order valence-electron chi connectivity index (χ1n) is 12.5. The highest BCUT2D eigenvalue weighted by molar-refractivity contribution is 7.89. The number of aromatic nitrogens is 1. The number of methoxy groups -OCH3 is 1. The Labute approximate surface area is 213 Å². The lowest BCUT2D eigenvalue weighted by atomic mass is 9.95. The van der Waals surface area contributed by atoms with Crippen LogP contribution < -0.4 is 0 Å². The molecule has 1 aliphatic rings. The molecule has 0 atom stereocenters. The van der Waals surface area contributed by atoms with E-state index in [1.54, 1.807) is 36.6 Å². The summed E-state index contributed by atoms with van der Waals surface area (Å²) in [6.45, 7) is 5.63. The number of rotatable bonds is 8. The second-order valence-corrected chi connectivity index (χ2v) is 11.3. The Balaban J connectivity index is 1.80. The van der Waals surface area contributed by atoms with Crippen molar-refractivity contribution in [2.45, 2.75) is 70.4 Å². The maximum absolute atomic E-state index is 14.2. The molecule has 1 aliphatic carbocycles. The van der Waals surface area contributed by atoms with Gasteiger partial charge in [0.25, 0.3) is 0 Å². The number of hydrogen-bond acceptors (Lipinski definition) is 5. The highest BCUT2D eigenvalue weighted by Crippen LogP contribution is 2.32. The lowest BCUT2D eigenvalue weighted by Gasteiger charge is -2.33. The molecular formula is C28H34N2O5S. The van der Waals surface area contributed by atoms with Gasteiger partial charge in [0.05, 0.1) is 18.6 Å². The third-order valence-corrected chi connectivity index (χ3v) is 9.31. The van der Waals surface area contributed by atoms with E-state index in [1.165, 1.54) is 11.4 Å². The summed E-state index contributed by atoms with van der Waals surface area (Å²) < 4.78 is 36.5. The van der Waals surface area contributed by atoms with Gasteiger partial charge >= 0.3 is 5.97 Å². The van der Waals surface area contributed by atoms with Crippen molar-refractivity contribution in [2.75, 3.05) is 13.7 Å². The van der Waals surface area contributed by atoms with E-state index in [0.717, 1.165) is 37.5 Å². The molecule has 7 nitrogen and oxygen atoms in total. The summed E-state index contributed by atoms with van der Waals surface area (Å²) in [6, 6.07) is 12.4. The molecule has 1 heterocycles. The fourth-order valence-electron chi connectivity index (χ4n) is 5.61. The van der Waals surface area contributed by atoms with Gasteiger partial charge in [0.15, 0.2) is 5.78 Å². The smallest absolute Gasteiger partial charge is 0.354 e. The molecule has 3 aromatic rings. The summed E-state index contributed by atoms with van der Waals surface area (Å²) in [7, 11) is -2.66. The van der Waals surface area contributed by atoms with Crippen molar-refractivity contribution in [1.29, 1.82) is 0 Å². The van der Waals surface area contributed by atoms with Gasteiger partial charge in [-0.2, -0.15) is 4.31 Å². The maximum atomic E-state index is 14.2. The SMILES string of the molecule is CCn1c(C)c(C(=O)CN(C2CCCCC2)S(=O)(=O)c2cccc3ccccc23)c(C)c1C(=O)OC. The summed E-state index contributed by atoms with van der Waals surface area (Å²) in [5.74, 6) is -0.819. The molecule has 1 saturated carbocycles. The fraction of sp³-hybridized carbons (Fsp3) is 0.429. The quantitative estimate of drug-likeness (QED) is 0.304. The summed E-state index contributed by atoms with van der Waals surface area (Å²) in [5, 5.41) is 1.48. The molecule has 0 unspecified atom stereocenters. The monoisotopic (exact) mass is 510 g/mol. The predicted octanol–water partition coefficient (Wildman–Crippen LogP) is 5.27. The van der Waals surface area contributed by atoms with Crippen LogP contribution in [-0.2, 0) is 21.3 Å². The molecule has 0 amide bonds. The molecule has 0 bridgehead atoms. The summed E-state index contributed by atoms with van der Waals surface area (Å²) in [4.78, 5) is 26.5. The van der Waals surface area contributed by atoms with Gasteiger partial charge in [0.2, 0.25) is 10.0 Å². The van der Waals surface area contributed by atoms with Crippen LogP contribution in [0.3, 0.4) is 0 Å². The van der Waals surface area contributed by atoms with Gasteiger partial charge in [0, 0.05) is 29.2 Å². The highest BCUT2D eigenvalue weighted by atomic mass is 32.2. The Morgan fingerprint density at radius 2 is 1.69 bits per heavy atom. The van der Waals surface area contributed by atoms with Crippen LogP contribution in [0.4, 0.5) is 0 Å². The van der Waals surface area contributed by atoms with Crippen LogP contribution in [0.1, 0.15) is 71.1 Å². The van der Waals surface area contributed by atoms with Gasteiger partial charge in [-0.15, -0.1) is 0 Å². The molecule has 0 N–H and O–H groups in total. The summed E-state index contributed by atoms with van der Waals surface area (Å²) in [5.41, 5.74) is 1.90. The van der Waals surface area contributed by atoms with E-state index in [0.29, 0.717) is 34.4 Å². The number of esters is 1. The van der Waals surface area contributed by atoms with Crippen LogP contribution in [0.15, 0.2) is 47.4 Å². The van der Waals surface area contributed by atoms with Gasteiger partial charge in [-0.1, -0.05) is 55.7 Å². The third kappa shape index (κ3) is 4.60. The highest BCUT2D eigenvalue weighted by Gasteiger charge is 2.36. The molecule has 36 heavy (non-hydrogen) atoms. The number of benzene rings is 2. The largest absolute Gasteiger partial charge is 0.464 e. The molecule has 1 fully saturated rings. The van der Waals surface area contributed by atoms with E-state index in [2.05, 4.69) is 0 Å². The van der Waals surface area contributed by atoms with Crippen LogP contribution in [0.5, 0.6) is 0 Å². The predicted molar refractivity (Wildman–Crippen MR) is 140 cm³/mol. The van der Waals surface area contributed by atoms with Gasteiger partial charge in [0.1, 0.15) is 5.69 Å². The number of fused-ring (bicyclic) bond motifs is 1. The molecule has 0 radical (unpaired) electrons. The van der Waals surface area contributed by atoms with Crippen LogP contribution in [0.25, 0.3) is 10.8 Å². The fourth-order valence-corrected chi connectivity index (χ4v) is 7.47. The van der Waals surface area contributed by atoms with Crippen molar-refractivity contribution in [3.63, 3.8) is 0 Å². The Bertz CT molecular complexity index is 1400. The van der Waals surface area contributed by atoms with E-state index < -0.39 is 16.0 Å². The molecule has 1 aromatic heterocycles. The number of ketones is 1. The zero-order valence-electron chi connectivity index (χ0n) is 21.4. The number of ether oxygens (including phenoxy) is 1. The first kappa shape index (κ1) is 26.1. The number of nitrogens with zero attached hydrogens (tertiary/aromatic N) is 2. The molecule has 8 heteroatoms. The molecule has 192 valence electrons. The van der Waals surface area contributed by atoms with Crippen molar-refractivity contribution in [2.24, 2.45) is 0 Å². The third-order valence-electron chi connectivity index (χ3n) is 7.36. The number of Topliss-reactive ketones (excluding diaryl/α,β-unsaturated/α-hetero) is 1. The molecule has 0 spiro atoms. The Kier molecular flexibility index (Phi) is 7.66. The molecule has 0 aliphatic heterocycles. The molecule has 4 rings (SSSR count). The van der Waals surface area contributed by atoms with Crippen molar-refractivity contribution >= 4 is 32.5 Å². The number of carbonyl (C=O) groups is 2. The van der Waals surface area contributed by atoms with Crippen molar-refractivity contribution < 1.29 is 22.7 Å². The Hall–Kier alpha value is -2.97. The first-order valence-corrected chi connectivity index (χ1v) is 14.0. The zero-order chi connectivity index (χ0) is 26.0. The van der Waals surface area contributed by atoms with Crippen LogP contribution in [0, 0.1) is 13.8 Å². The Morgan fingerprint density at radius 3 is 2.36 bits per heavy atom. The van der Waals surface area contributed by atoms with E-state index in [-0.39, 0.29) is 23.3 Å². The van der Waals surface area contributed by atoms with Gasteiger partial charge in [-0.3, -0.25) is 4.79 Å². The van der Waals surface area contributed by atoms with Crippen molar-refractivity contribution in [3.8, 4) is 0 Å². The van der Waals surface area contributed by atoms with Crippen LogP contribution >= 0.6 is 0 Å².